The van der Waals surface area contributed by atoms with Crippen molar-refractivity contribution in [3.05, 3.63) is 76.0 Å². The number of hydrogen-bond acceptors (Lipinski definition) is 3. The van der Waals surface area contributed by atoms with Crippen molar-refractivity contribution in [3.8, 4) is 0 Å². The average molecular weight is 482 g/mol. The predicted molar refractivity (Wildman–Crippen MR) is 132 cm³/mol. The van der Waals surface area contributed by atoms with Crippen molar-refractivity contribution in [2.75, 3.05) is 4.90 Å². The molecular weight excluding hydrogens is 457 g/mol. The highest BCUT2D eigenvalue weighted by atomic mass is 35.5. The zero-order valence-electron chi connectivity index (χ0n) is 18.6. The van der Waals surface area contributed by atoms with Gasteiger partial charge in [-0.25, -0.2) is 0 Å². The van der Waals surface area contributed by atoms with Crippen LogP contribution in [0.4, 0.5) is 11.4 Å². The van der Waals surface area contributed by atoms with Crippen LogP contribution in [0.25, 0.3) is 5.57 Å². The molecule has 0 bridgehead atoms. The fraction of sp³-hybridized carbons (Fsp3) is 0.333. The van der Waals surface area contributed by atoms with E-state index >= 15 is 0 Å². The SMILES string of the molecule is CC(C)C1CCC2OC=C(/C=C3/C(=O)N(c4c(Cl)cccc4Cl)c4ccccc43)C(=O)C2C1. The van der Waals surface area contributed by atoms with Crippen molar-refractivity contribution in [1.29, 1.82) is 0 Å². The molecule has 5 rings (SSSR count). The molecule has 3 atom stereocenters. The topological polar surface area (TPSA) is 46.6 Å². The molecular formula is C27H25Cl2NO3. The van der Waals surface area contributed by atoms with Crippen LogP contribution in [0.2, 0.25) is 10.0 Å². The number of fused-ring (bicyclic) bond motifs is 2. The first-order valence-corrected chi connectivity index (χ1v) is 12.1. The van der Waals surface area contributed by atoms with Crippen LogP contribution in [0.15, 0.2) is 60.4 Å². The number of para-hydroxylation sites is 2. The van der Waals surface area contributed by atoms with E-state index in [4.69, 9.17) is 27.9 Å². The van der Waals surface area contributed by atoms with Gasteiger partial charge in [-0.05, 0) is 55.4 Å². The van der Waals surface area contributed by atoms with Gasteiger partial charge in [0.05, 0.1) is 44.7 Å². The summed E-state index contributed by atoms with van der Waals surface area (Å²) in [6.07, 6.45) is 5.93. The van der Waals surface area contributed by atoms with E-state index in [2.05, 4.69) is 13.8 Å². The summed E-state index contributed by atoms with van der Waals surface area (Å²) in [4.78, 5) is 28.6. The van der Waals surface area contributed by atoms with Crippen molar-refractivity contribution >= 4 is 51.8 Å². The van der Waals surface area contributed by atoms with Gasteiger partial charge in [-0.1, -0.05) is 61.3 Å². The normalized spacial score (nSPS) is 25.7. The number of carbonyl (C=O) groups is 2. The minimum atomic E-state index is -0.272. The summed E-state index contributed by atoms with van der Waals surface area (Å²) in [6.45, 7) is 4.42. The monoisotopic (exact) mass is 481 g/mol. The number of anilines is 2. The van der Waals surface area contributed by atoms with Gasteiger partial charge < -0.3 is 4.74 Å². The third kappa shape index (κ3) is 3.79. The van der Waals surface area contributed by atoms with Crippen molar-refractivity contribution in [3.63, 3.8) is 0 Å². The van der Waals surface area contributed by atoms with Gasteiger partial charge in [0.25, 0.3) is 5.91 Å². The maximum atomic E-state index is 13.6. The maximum absolute atomic E-state index is 13.6. The second-order valence-corrected chi connectivity index (χ2v) is 10.1. The molecule has 170 valence electrons. The molecule has 2 aliphatic heterocycles. The number of benzene rings is 2. The molecule has 0 spiro atoms. The Bertz CT molecular complexity index is 1180. The Morgan fingerprint density at radius 1 is 1.03 bits per heavy atom. The van der Waals surface area contributed by atoms with Gasteiger partial charge in [-0.15, -0.1) is 0 Å². The molecule has 2 aromatic carbocycles. The highest BCUT2D eigenvalue weighted by molar-refractivity contribution is 6.44. The lowest BCUT2D eigenvalue weighted by atomic mass is 9.71. The Hall–Kier alpha value is -2.56. The number of Topliss-reactive ketones (excluding diaryl/α,β-unsaturated/α-hetero) is 1. The molecule has 1 saturated carbocycles. The summed E-state index contributed by atoms with van der Waals surface area (Å²) in [5.74, 6) is 0.666. The number of ketones is 1. The molecule has 1 aliphatic carbocycles. The molecule has 4 nitrogen and oxygen atoms in total. The highest BCUT2D eigenvalue weighted by Crippen LogP contribution is 2.47. The van der Waals surface area contributed by atoms with Crippen LogP contribution >= 0.6 is 23.2 Å². The molecule has 0 saturated heterocycles. The average Bonchev–Trinajstić information content (AvgIpc) is 3.07. The van der Waals surface area contributed by atoms with E-state index in [1.165, 1.54) is 11.2 Å². The second-order valence-electron chi connectivity index (χ2n) is 9.32. The number of rotatable bonds is 3. The molecule has 0 N–H and O–H groups in total. The fourth-order valence-corrected chi connectivity index (χ4v) is 5.79. The second kappa shape index (κ2) is 8.66. The summed E-state index contributed by atoms with van der Waals surface area (Å²) in [5.41, 5.74) is 2.72. The third-order valence-corrected chi connectivity index (χ3v) is 7.70. The molecule has 6 heteroatoms. The maximum Gasteiger partial charge on any atom is 0.263 e. The predicted octanol–water partition coefficient (Wildman–Crippen LogP) is 6.98. The number of halogens is 2. The molecule has 1 amide bonds. The van der Waals surface area contributed by atoms with Crippen LogP contribution in [0.5, 0.6) is 0 Å². The summed E-state index contributed by atoms with van der Waals surface area (Å²) in [5, 5.41) is 0.765. The molecule has 3 unspecified atom stereocenters. The van der Waals surface area contributed by atoms with Gasteiger partial charge in [0.1, 0.15) is 6.10 Å². The molecule has 33 heavy (non-hydrogen) atoms. The van der Waals surface area contributed by atoms with Gasteiger partial charge in [-0.2, -0.15) is 0 Å². The van der Waals surface area contributed by atoms with Crippen LogP contribution in [0.1, 0.15) is 38.7 Å². The van der Waals surface area contributed by atoms with Crippen LogP contribution in [0, 0.1) is 17.8 Å². The third-order valence-electron chi connectivity index (χ3n) is 7.09. The Balaban J connectivity index is 1.54. The number of amides is 1. The number of hydrogen-bond donors (Lipinski definition) is 0. The lowest BCUT2D eigenvalue weighted by molar-refractivity contribution is -0.128. The number of allylic oxidation sites excluding steroid dienone is 2. The first-order valence-electron chi connectivity index (χ1n) is 11.4. The molecule has 2 aromatic rings. The molecule has 0 radical (unpaired) electrons. The quantitative estimate of drug-likeness (QED) is 0.444. The summed E-state index contributed by atoms with van der Waals surface area (Å²) in [7, 11) is 0. The summed E-state index contributed by atoms with van der Waals surface area (Å²) in [6, 6.07) is 12.6. The summed E-state index contributed by atoms with van der Waals surface area (Å²) < 4.78 is 5.98. The molecule has 2 heterocycles. The van der Waals surface area contributed by atoms with Crippen LogP contribution in [0.3, 0.4) is 0 Å². The fourth-order valence-electron chi connectivity index (χ4n) is 5.22. The van der Waals surface area contributed by atoms with E-state index in [1.807, 2.05) is 24.3 Å². The van der Waals surface area contributed by atoms with E-state index in [0.717, 1.165) is 24.8 Å². The standard InChI is InChI=1S/C27H25Cl2NO3/c1-15(2)16-10-11-24-20(12-16)26(31)17(14-33-24)13-19-18-6-3-4-9-23(18)30(27(19)32)25-21(28)7-5-8-22(25)29/h3-9,13-16,20,24H,10-12H2,1-2H3/b19-13+. The van der Waals surface area contributed by atoms with Crippen LogP contribution in [-0.4, -0.2) is 17.8 Å². The Morgan fingerprint density at radius 2 is 1.76 bits per heavy atom. The number of carbonyl (C=O) groups excluding carboxylic acids is 2. The van der Waals surface area contributed by atoms with Gasteiger partial charge >= 0.3 is 0 Å². The largest absolute Gasteiger partial charge is 0.497 e. The van der Waals surface area contributed by atoms with Gasteiger partial charge in [0, 0.05) is 5.56 Å². The van der Waals surface area contributed by atoms with Crippen LogP contribution in [-0.2, 0) is 14.3 Å². The molecule has 1 fully saturated rings. The van der Waals surface area contributed by atoms with Crippen molar-refractivity contribution in [2.45, 2.75) is 39.2 Å². The summed E-state index contributed by atoms with van der Waals surface area (Å²) >= 11 is 12.9. The van der Waals surface area contributed by atoms with Crippen LogP contribution < -0.4 is 4.90 Å². The lowest BCUT2D eigenvalue weighted by Gasteiger charge is -2.38. The Kier molecular flexibility index (Phi) is 5.84. The zero-order valence-corrected chi connectivity index (χ0v) is 20.1. The smallest absolute Gasteiger partial charge is 0.263 e. The van der Waals surface area contributed by atoms with E-state index < -0.39 is 0 Å². The number of ether oxygens (including phenoxy) is 1. The molecule has 0 aromatic heterocycles. The van der Waals surface area contributed by atoms with E-state index in [1.54, 1.807) is 24.3 Å². The van der Waals surface area contributed by atoms with Gasteiger partial charge in [0.2, 0.25) is 0 Å². The first kappa shape index (κ1) is 22.2. The van der Waals surface area contributed by atoms with Crippen molar-refractivity contribution in [1.82, 2.24) is 0 Å². The van der Waals surface area contributed by atoms with E-state index in [-0.39, 0.29) is 23.7 Å². The first-order chi connectivity index (χ1) is 15.9. The van der Waals surface area contributed by atoms with Crippen molar-refractivity contribution in [2.24, 2.45) is 17.8 Å². The van der Waals surface area contributed by atoms with Gasteiger partial charge in [-0.3, -0.25) is 14.5 Å². The Morgan fingerprint density at radius 3 is 2.48 bits per heavy atom. The minimum Gasteiger partial charge on any atom is -0.497 e. The number of nitrogens with zero attached hydrogens (tertiary/aromatic N) is 1. The van der Waals surface area contributed by atoms with E-state index in [0.29, 0.717) is 44.4 Å². The van der Waals surface area contributed by atoms with Crippen molar-refractivity contribution < 1.29 is 14.3 Å². The lowest BCUT2D eigenvalue weighted by Crippen LogP contribution is -2.40. The molecule has 3 aliphatic rings. The highest BCUT2D eigenvalue weighted by Gasteiger charge is 2.42. The van der Waals surface area contributed by atoms with E-state index in [9.17, 15) is 9.59 Å². The zero-order chi connectivity index (χ0) is 23.3. The minimum absolute atomic E-state index is 0.0589. The van der Waals surface area contributed by atoms with Gasteiger partial charge in [0.15, 0.2) is 5.78 Å². The Labute approximate surface area is 203 Å².